The second-order valence-corrected chi connectivity index (χ2v) is 10.6. The molecule has 33 heavy (non-hydrogen) atoms. The summed E-state index contributed by atoms with van der Waals surface area (Å²) >= 11 is 0. The van der Waals surface area contributed by atoms with E-state index in [0.29, 0.717) is 11.4 Å². The molecule has 0 aliphatic rings. The third kappa shape index (κ3) is 4.59. The van der Waals surface area contributed by atoms with E-state index in [9.17, 15) is 18.0 Å². The Morgan fingerprint density at radius 2 is 1.73 bits per heavy atom. The standard InChI is InChI=1S/C24H30N4O4S/c1-7-24(3,4)25-22(29)18-12-11-15-20(16-18)33(31,32)27(6)21-17(2)26(5)28(23(21)30)19-13-9-8-10-14-19/h8-16H,7H2,1-6H3,(H,25,29). The number of aromatic nitrogens is 2. The van der Waals surface area contributed by atoms with Gasteiger partial charge in [0, 0.05) is 25.2 Å². The maximum absolute atomic E-state index is 13.4. The van der Waals surface area contributed by atoms with Crippen LogP contribution in [0.4, 0.5) is 5.69 Å². The summed E-state index contributed by atoms with van der Waals surface area (Å²) in [6, 6.07) is 14.8. The highest BCUT2D eigenvalue weighted by molar-refractivity contribution is 7.92. The zero-order valence-electron chi connectivity index (χ0n) is 19.8. The van der Waals surface area contributed by atoms with E-state index in [1.807, 2.05) is 26.8 Å². The number of rotatable bonds is 7. The summed E-state index contributed by atoms with van der Waals surface area (Å²) in [7, 11) is -1.05. The predicted octanol–water partition coefficient (Wildman–Crippen LogP) is 3.23. The summed E-state index contributed by atoms with van der Waals surface area (Å²) in [6.45, 7) is 7.45. The average Bonchev–Trinajstić information content (AvgIpc) is 3.01. The van der Waals surface area contributed by atoms with E-state index >= 15 is 0 Å². The smallest absolute Gasteiger partial charge is 0.296 e. The Bertz CT molecular complexity index is 1340. The summed E-state index contributed by atoms with van der Waals surface area (Å²) in [4.78, 5) is 25.9. The third-order valence-electron chi connectivity index (χ3n) is 5.93. The molecule has 0 bridgehead atoms. The van der Waals surface area contributed by atoms with Gasteiger partial charge >= 0.3 is 0 Å². The van der Waals surface area contributed by atoms with Gasteiger partial charge in [0.25, 0.3) is 21.5 Å². The first-order valence-corrected chi connectivity index (χ1v) is 12.1. The van der Waals surface area contributed by atoms with Crippen molar-refractivity contribution in [2.24, 2.45) is 7.05 Å². The molecular weight excluding hydrogens is 440 g/mol. The number of nitrogens with zero attached hydrogens (tertiary/aromatic N) is 3. The Balaban J connectivity index is 2.03. The van der Waals surface area contributed by atoms with E-state index in [0.717, 1.165) is 10.7 Å². The molecule has 0 fully saturated rings. The number of carbonyl (C=O) groups is 1. The maximum Gasteiger partial charge on any atom is 0.296 e. The van der Waals surface area contributed by atoms with Crippen LogP contribution < -0.4 is 15.2 Å². The number of anilines is 1. The molecule has 2 aromatic carbocycles. The second kappa shape index (κ2) is 8.90. The van der Waals surface area contributed by atoms with Crippen LogP contribution in [0.1, 0.15) is 43.2 Å². The van der Waals surface area contributed by atoms with Crippen molar-refractivity contribution >= 4 is 21.6 Å². The molecule has 1 heterocycles. The van der Waals surface area contributed by atoms with Gasteiger partial charge in [-0.2, -0.15) is 0 Å². The monoisotopic (exact) mass is 470 g/mol. The van der Waals surface area contributed by atoms with Crippen LogP contribution in [-0.2, 0) is 17.1 Å². The fourth-order valence-corrected chi connectivity index (χ4v) is 4.75. The zero-order valence-corrected chi connectivity index (χ0v) is 20.6. The highest BCUT2D eigenvalue weighted by Crippen LogP contribution is 2.24. The van der Waals surface area contributed by atoms with E-state index in [2.05, 4.69) is 5.32 Å². The van der Waals surface area contributed by atoms with Crippen LogP contribution >= 0.6 is 0 Å². The van der Waals surface area contributed by atoms with Gasteiger partial charge in [0.1, 0.15) is 5.69 Å². The highest BCUT2D eigenvalue weighted by Gasteiger charge is 2.29. The topological polar surface area (TPSA) is 93.4 Å². The molecular formula is C24H30N4O4S. The van der Waals surface area contributed by atoms with Crippen molar-refractivity contribution in [2.75, 3.05) is 11.4 Å². The summed E-state index contributed by atoms with van der Waals surface area (Å²) < 4.78 is 30.9. The molecule has 176 valence electrons. The second-order valence-electron chi connectivity index (χ2n) is 8.60. The Morgan fingerprint density at radius 1 is 1.09 bits per heavy atom. The van der Waals surface area contributed by atoms with Crippen molar-refractivity contribution in [3.8, 4) is 5.69 Å². The first-order chi connectivity index (χ1) is 15.4. The molecule has 0 spiro atoms. The Kier molecular flexibility index (Phi) is 6.56. The molecule has 0 unspecified atom stereocenters. The van der Waals surface area contributed by atoms with Gasteiger partial charge in [0.05, 0.1) is 16.3 Å². The van der Waals surface area contributed by atoms with E-state index < -0.39 is 21.1 Å². The number of carbonyl (C=O) groups excluding carboxylic acids is 1. The Labute approximate surface area is 194 Å². The number of para-hydroxylation sites is 1. The summed E-state index contributed by atoms with van der Waals surface area (Å²) in [5.41, 5.74) is 0.523. The van der Waals surface area contributed by atoms with E-state index in [1.165, 1.54) is 29.9 Å². The van der Waals surface area contributed by atoms with Crippen molar-refractivity contribution in [2.45, 2.75) is 44.6 Å². The fraction of sp³-hybridized carbons (Fsp3) is 0.333. The average molecular weight is 471 g/mol. The van der Waals surface area contributed by atoms with Gasteiger partial charge in [-0.3, -0.25) is 18.6 Å². The molecule has 9 heteroatoms. The van der Waals surface area contributed by atoms with Crippen LogP contribution in [-0.4, -0.2) is 36.3 Å². The number of nitrogens with one attached hydrogen (secondary N) is 1. The quantitative estimate of drug-likeness (QED) is 0.574. The number of hydrogen-bond acceptors (Lipinski definition) is 4. The fourth-order valence-electron chi connectivity index (χ4n) is 3.46. The predicted molar refractivity (Wildman–Crippen MR) is 130 cm³/mol. The number of hydrogen-bond donors (Lipinski definition) is 1. The Morgan fingerprint density at radius 3 is 2.33 bits per heavy atom. The summed E-state index contributed by atoms with van der Waals surface area (Å²) in [5, 5.41) is 2.90. The van der Waals surface area contributed by atoms with Crippen LogP contribution in [0.5, 0.6) is 0 Å². The minimum Gasteiger partial charge on any atom is -0.347 e. The lowest BCUT2D eigenvalue weighted by atomic mass is 10.0. The van der Waals surface area contributed by atoms with Gasteiger partial charge in [-0.25, -0.2) is 13.1 Å². The molecule has 1 N–H and O–H groups in total. The van der Waals surface area contributed by atoms with Gasteiger partial charge in [-0.1, -0.05) is 31.2 Å². The molecule has 3 aromatic rings. The van der Waals surface area contributed by atoms with E-state index in [4.69, 9.17) is 0 Å². The van der Waals surface area contributed by atoms with Crippen molar-refractivity contribution in [1.29, 1.82) is 0 Å². The lowest BCUT2D eigenvalue weighted by Gasteiger charge is -2.24. The van der Waals surface area contributed by atoms with E-state index in [-0.39, 0.29) is 22.1 Å². The van der Waals surface area contributed by atoms with Crippen molar-refractivity contribution in [3.05, 3.63) is 76.2 Å². The third-order valence-corrected chi connectivity index (χ3v) is 7.68. The highest BCUT2D eigenvalue weighted by atomic mass is 32.2. The minimum atomic E-state index is -4.10. The van der Waals surface area contributed by atoms with Crippen LogP contribution in [0.15, 0.2) is 64.3 Å². The molecule has 1 amide bonds. The molecule has 0 atom stereocenters. The number of sulfonamides is 1. The largest absolute Gasteiger partial charge is 0.347 e. The van der Waals surface area contributed by atoms with Crippen LogP contribution in [0.25, 0.3) is 5.69 Å². The van der Waals surface area contributed by atoms with Crippen LogP contribution in [0, 0.1) is 6.92 Å². The number of amides is 1. The molecule has 3 rings (SSSR count). The molecule has 1 aromatic heterocycles. The van der Waals surface area contributed by atoms with Crippen molar-refractivity contribution < 1.29 is 13.2 Å². The maximum atomic E-state index is 13.4. The summed E-state index contributed by atoms with van der Waals surface area (Å²) in [5.74, 6) is -0.358. The zero-order chi connectivity index (χ0) is 24.6. The molecule has 0 saturated carbocycles. The van der Waals surface area contributed by atoms with Crippen LogP contribution in [0.3, 0.4) is 0 Å². The molecule has 8 nitrogen and oxygen atoms in total. The Hall–Kier alpha value is -3.33. The SMILES string of the molecule is CCC(C)(C)NC(=O)c1cccc(S(=O)(=O)N(C)c2c(C)n(C)n(-c3ccccc3)c2=O)c1. The van der Waals surface area contributed by atoms with Crippen molar-refractivity contribution in [1.82, 2.24) is 14.7 Å². The number of benzene rings is 2. The molecule has 0 aliphatic heterocycles. The first kappa shape index (κ1) is 24.3. The molecule has 0 saturated heterocycles. The van der Waals surface area contributed by atoms with Crippen molar-refractivity contribution in [3.63, 3.8) is 0 Å². The lowest BCUT2D eigenvalue weighted by Crippen LogP contribution is -2.42. The van der Waals surface area contributed by atoms with Gasteiger partial charge in [0.2, 0.25) is 0 Å². The summed E-state index contributed by atoms with van der Waals surface area (Å²) in [6.07, 6.45) is 0.723. The van der Waals surface area contributed by atoms with Gasteiger partial charge < -0.3 is 5.32 Å². The normalized spacial score (nSPS) is 11.9. The lowest BCUT2D eigenvalue weighted by molar-refractivity contribution is 0.0911. The van der Waals surface area contributed by atoms with Gasteiger partial charge in [0.15, 0.2) is 0 Å². The van der Waals surface area contributed by atoms with E-state index in [1.54, 1.807) is 49.0 Å². The van der Waals surface area contributed by atoms with Gasteiger partial charge in [-0.15, -0.1) is 0 Å². The van der Waals surface area contributed by atoms with Crippen LogP contribution in [0.2, 0.25) is 0 Å². The first-order valence-electron chi connectivity index (χ1n) is 10.7. The molecule has 0 aliphatic carbocycles. The molecule has 0 radical (unpaired) electrons. The van der Waals surface area contributed by atoms with Gasteiger partial charge in [-0.05, 0) is 57.5 Å². The minimum absolute atomic E-state index is 0.0447.